The number of rotatable bonds is 5. The number of ether oxygens (including phenoxy) is 2. The Hall–Kier alpha value is -3.17. The van der Waals surface area contributed by atoms with Gasteiger partial charge in [0.05, 0.1) is 24.0 Å². The highest BCUT2D eigenvalue weighted by atomic mass is 35.5. The molecule has 4 heterocycles. The Morgan fingerprint density at radius 1 is 1.15 bits per heavy atom. The first kappa shape index (κ1) is 21.7. The number of aromatic nitrogens is 6. The molecule has 1 N–H and O–H groups in total. The highest BCUT2D eigenvalue weighted by Gasteiger charge is 2.24. The lowest BCUT2D eigenvalue weighted by Crippen LogP contribution is -2.19. The average Bonchev–Trinajstić information content (AvgIpc) is 3.31. The number of benzene rings is 1. The largest absolute Gasteiger partial charge is 0.494 e. The minimum atomic E-state index is -0.0837. The van der Waals surface area contributed by atoms with E-state index in [9.17, 15) is 0 Å². The number of hydrogen-bond donors (Lipinski definition) is 1. The molecule has 0 amide bonds. The van der Waals surface area contributed by atoms with Crippen molar-refractivity contribution in [3.05, 3.63) is 41.1 Å². The highest BCUT2D eigenvalue weighted by molar-refractivity contribution is 6.30. The predicted octanol–water partition coefficient (Wildman–Crippen LogP) is 4.95. The standard InChI is InChI=1S/C23H26ClN7O2/c1-13-25-22(30(3)29-13)15-8-7-9-16(21(15)32-4)27-17-12-18(24)28-23-20(17)26-14(2)31(23)19-10-5-6-11-33-19/h7-9,12,19H,5-6,10-11H2,1-4H3,(H,27,28). The topological polar surface area (TPSA) is 91.9 Å². The van der Waals surface area contributed by atoms with Gasteiger partial charge in [0.15, 0.2) is 17.2 Å². The van der Waals surface area contributed by atoms with E-state index in [0.29, 0.717) is 22.4 Å². The summed E-state index contributed by atoms with van der Waals surface area (Å²) in [5.41, 5.74) is 3.77. The van der Waals surface area contributed by atoms with Crippen LogP contribution in [0.15, 0.2) is 24.3 Å². The van der Waals surface area contributed by atoms with Crippen LogP contribution in [0.2, 0.25) is 5.15 Å². The molecule has 4 aromatic rings. The van der Waals surface area contributed by atoms with Crippen molar-refractivity contribution in [2.75, 3.05) is 19.0 Å². The third-order valence-electron chi connectivity index (χ3n) is 5.84. The lowest BCUT2D eigenvalue weighted by Gasteiger charge is -2.25. The number of pyridine rings is 1. The molecule has 1 aliphatic rings. The maximum Gasteiger partial charge on any atom is 0.166 e. The maximum atomic E-state index is 6.45. The molecule has 3 aromatic heterocycles. The first-order chi connectivity index (χ1) is 16.0. The number of fused-ring (bicyclic) bond motifs is 1. The SMILES string of the molecule is COc1c(Nc2cc(Cl)nc3c2nc(C)n3C2CCCCO2)cccc1-c1nc(C)nn1C. The Morgan fingerprint density at radius 3 is 2.70 bits per heavy atom. The monoisotopic (exact) mass is 467 g/mol. The molecule has 0 aliphatic carbocycles. The number of hydrogen-bond acceptors (Lipinski definition) is 7. The van der Waals surface area contributed by atoms with E-state index in [1.54, 1.807) is 17.9 Å². The number of aryl methyl sites for hydroxylation is 3. The van der Waals surface area contributed by atoms with E-state index < -0.39 is 0 Å². The summed E-state index contributed by atoms with van der Waals surface area (Å²) in [5, 5.41) is 8.20. The van der Waals surface area contributed by atoms with Gasteiger partial charge in [0, 0.05) is 19.7 Å². The van der Waals surface area contributed by atoms with E-state index >= 15 is 0 Å². The Bertz CT molecular complexity index is 1320. The van der Waals surface area contributed by atoms with Gasteiger partial charge in [-0.25, -0.2) is 19.6 Å². The van der Waals surface area contributed by atoms with Crippen LogP contribution in [-0.4, -0.2) is 43.0 Å². The van der Waals surface area contributed by atoms with Gasteiger partial charge < -0.3 is 14.8 Å². The van der Waals surface area contributed by atoms with Crippen molar-refractivity contribution in [3.8, 4) is 17.1 Å². The van der Waals surface area contributed by atoms with Crippen LogP contribution >= 0.6 is 11.6 Å². The smallest absolute Gasteiger partial charge is 0.166 e. The summed E-state index contributed by atoms with van der Waals surface area (Å²) in [6.07, 6.45) is 3.03. The van der Waals surface area contributed by atoms with Crippen LogP contribution in [0.1, 0.15) is 37.1 Å². The third kappa shape index (κ3) is 3.91. The number of nitrogens with one attached hydrogen (secondary N) is 1. The van der Waals surface area contributed by atoms with Crippen molar-refractivity contribution < 1.29 is 9.47 Å². The Balaban J connectivity index is 1.60. The average molecular weight is 468 g/mol. The molecular formula is C23H26ClN7O2. The Morgan fingerprint density at radius 2 is 2.00 bits per heavy atom. The summed E-state index contributed by atoms with van der Waals surface area (Å²) >= 11 is 6.45. The van der Waals surface area contributed by atoms with Crippen LogP contribution in [0.25, 0.3) is 22.6 Å². The lowest BCUT2D eigenvalue weighted by atomic mass is 10.1. The van der Waals surface area contributed by atoms with E-state index in [0.717, 1.165) is 60.0 Å². The molecule has 9 nitrogen and oxygen atoms in total. The van der Waals surface area contributed by atoms with Crippen molar-refractivity contribution >= 4 is 34.1 Å². The minimum absolute atomic E-state index is 0.0837. The number of anilines is 2. The van der Waals surface area contributed by atoms with E-state index in [4.69, 9.17) is 26.1 Å². The normalized spacial score (nSPS) is 16.3. The molecule has 1 saturated heterocycles. The van der Waals surface area contributed by atoms with E-state index in [-0.39, 0.29) is 6.23 Å². The van der Waals surface area contributed by atoms with Crippen LogP contribution in [0.5, 0.6) is 5.75 Å². The fraction of sp³-hybridized carbons (Fsp3) is 0.391. The van der Waals surface area contributed by atoms with Crippen molar-refractivity contribution in [2.45, 2.75) is 39.3 Å². The second-order valence-electron chi connectivity index (χ2n) is 8.13. The molecule has 1 aromatic carbocycles. The molecule has 0 radical (unpaired) electrons. The van der Waals surface area contributed by atoms with Crippen molar-refractivity contribution in [3.63, 3.8) is 0 Å². The zero-order chi connectivity index (χ0) is 23.1. The minimum Gasteiger partial charge on any atom is -0.494 e. The fourth-order valence-corrected chi connectivity index (χ4v) is 4.62. The number of imidazole rings is 1. The highest BCUT2D eigenvalue weighted by Crippen LogP contribution is 2.39. The molecule has 0 bridgehead atoms. The Kier molecular flexibility index (Phi) is 5.67. The number of nitrogens with zero attached hydrogens (tertiary/aromatic N) is 6. The molecule has 1 aliphatic heterocycles. The fourth-order valence-electron chi connectivity index (χ4n) is 4.43. The molecule has 0 spiro atoms. The van der Waals surface area contributed by atoms with Gasteiger partial charge in [0.1, 0.15) is 28.5 Å². The first-order valence-corrected chi connectivity index (χ1v) is 11.3. The van der Waals surface area contributed by atoms with Crippen molar-refractivity contribution in [1.82, 2.24) is 29.3 Å². The molecule has 172 valence electrons. The summed E-state index contributed by atoms with van der Waals surface area (Å²) in [4.78, 5) is 14.0. The maximum absolute atomic E-state index is 6.45. The molecule has 5 rings (SSSR count). The molecule has 1 atom stereocenters. The summed E-state index contributed by atoms with van der Waals surface area (Å²) in [7, 11) is 3.51. The van der Waals surface area contributed by atoms with Crippen LogP contribution < -0.4 is 10.1 Å². The van der Waals surface area contributed by atoms with Crippen molar-refractivity contribution in [1.29, 1.82) is 0 Å². The van der Waals surface area contributed by atoms with Crippen LogP contribution in [0.4, 0.5) is 11.4 Å². The van der Waals surface area contributed by atoms with Crippen LogP contribution in [-0.2, 0) is 11.8 Å². The van der Waals surface area contributed by atoms with Gasteiger partial charge in [0.25, 0.3) is 0 Å². The zero-order valence-electron chi connectivity index (χ0n) is 19.1. The zero-order valence-corrected chi connectivity index (χ0v) is 19.8. The predicted molar refractivity (Wildman–Crippen MR) is 127 cm³/mol. The second-order valence-corrected chi connectivity index (χ2v) is 8.52. The van der Waals surface area contributed by atoms with Gasteiger partial charge >= 0.3 is 0 Å². The van der Waals surface area contributed by atoms with E-state index in [1.807, 2.05) is 43.7 Å². The third-order valence-corrected chi connectivity index (χ3v) is 6.03. The summed E-state index contributed by atoms with van der Waals surface area (Å²) < 4.78 is 15.6. The molecule has 0 saturated carbocycles. The van der Waals surface area contributed by atoms with E-state index in [1.165, 1.54) is 0 Å². The van der Waals surface area contributed by atoms with Gasteiger partial charge in [-0.05, 0) is 45.2 Å². The molecule has 10 heteroatoms. The van der Waals surface area contributed by atoms with Gasteiger partial charge in [-0.15, -0.1) is 0 Å². The quantitative estimate of drug-likeness (QED) is 0.415. The number of methoxy groups -OCH3 is 1. The summed E-state index contributed by atoms with van der Waals surface area (Å²) in [6, 6.07) is 7.63. The molecular weight excluding hydrogens is 442 g/mol. The molecule has 1 fully saturated rings. The van der Waals surface area contributed by atoms with Crippen LogP contribution in [0, 0.1) is 13.8 Å². The van der Waals surface area contributed by atoms with Crippen molar-refractivity contribution in [2.24, 2.45) is 7.05 Å². The van der Waals surface area contributed by atoms with Gasteiger partial charge in [-0.2, -0.15) is 5.10 Å². The summed E-state index contributed by atoms with van der Waals surface area (Å²) in [5.74, 6) is 2.91. The lowest BCUT2D eigenvalue weighted by molar-refractivity contribution is -0.0309. The Labute approximate surface area is 196 Å². The van der Waals surface area contributed by atoms with Gasteiger partial charge in [0.2, 0.25) is 0 Å². The summed E-state index contributed by atoms with van der Waals surface area (Å²) in [6.45, 7) is 4.57. The molecule has 1 unspecified atom stereocenters. The number of para-hydroxylation sites is 1. The van der Waals surface area contributed by atoms with Gasteiger partial charge in [-0.1, -0.05) is 17.7 Å². The number of halogens is 1. The first-order valence-electron chi connectivity index (χ1n) is 10.9. The van der Waals surface area contributed by atoms with Crippen LogP contribution in [0.3, 0.4) is 0 Å². The van der Waals surface area contributed by atoms with Gasteiger partial charge in [-0.3, -0.25) is 4.57 Å². The molecule has 33 heavy (non-hydrogen) atoms. The van der Waals surface area contributed by atoms with E-state index in [2.05, 4.69) is 20.4 Å². The second kappa shape index (κ2) is 8.64.